The van der Waals surface area contributed by atoms with Crippen LogP contribution in [0.3, 0.4) is 0 Å². The third-order valence-corrected chi connectivity index (χ3v) is 4.10. The van der Waals surface area contributed by atoms with E-state index in [0.29, 0.717) is 6.42 Å². The Morgan fingerprint density at radius 3 is 2.33 bits per heavy atom. The van der Waals surface area contributed by atoms with Gasteiger partial charge in [-0.2, -0.15) is 0 Å². The van der Waals surface area contributed by atoms with Crippen LogP contribution in [0, 0.1) is 0 Å². The molecule has 0 saturated heterocycles. The van der Waals surface area contributed by atoms with Crippen LogP contribution < -0.4 is 0 Å². The van der Waals surface area contributed by atoms with Crippen molar-refractivity contribution in [2.24, 2.45) is 0 Å². The molecule has 0 aliphatic rings. The Balaban J connectivity index is 2.37. The average Bonchev–Trinajstić information content (AvgIpc) is 2.77. The monoisotopic (exact) mass is 288 g/mol. The molecule has 1 heterocycles. The van der Waals surface area contributed by atoms with Crippen molar-refractivity contribution in [3.8, 4) is 0 Å². The molecule has 21 heavy (non-hydrogen) atoms. The number of benzene rings is 1. The second-order valence-corrected chi connectivity index (χ2v) is 6.07. The molecule has 3 heteroatoms. The normalized spacial score (nSPS) is 12.2. The van der Waals surface area contributed by atoms with Crippen LogP contribution in [0.2, 0.25) is 0 Å². The lowest BCUT2D eigenvalue weighted by atomic mass is 9.89. The summed E-state index contributed by atoms with van der Waals surface area (Å²) >= 11 is 0. The maximum Gasteiger partial charge on any atom is 0.112 e. The molecule has 116 valence electrons. The molecule has 0 bridgehead atoms. The standard InChI is InChI=1S/C18H28N2O/c1-4-11-18(21,12-5-2)14-17-19-15-9-7-8-10-16(15)20(17)13-6-3/h7-10,21H,4-6,11-14H2,1-3H3. The van der Waals surface area contributed by atoms with E-state index in [4.69, 9.17) is 4.98 Å². The number of aryl methyl sites for hydroxylation is 1. The molecular weight excluding hydrogens is 260 g/mol. The van der Waals surface area contributed by atoms with Gasteiger partial charge in [-0.15, -0.1) is 0 Å². The molecule has 0 aliphatic carbocycles. The highest BCUT2D eigenvalue weighted by atomic mass is 16.3. The lowest BCUT2D eigenvalue weighted by Gasteiger charge is -2.27. The van der Waals surface area contributed by atoms with Gasteiger partial charge in [-0.3, -0.25) is 0 Å². The molecule has 3 nitrogen and oxygen atoms in total. The topological polar surface area (TPSA) is 38.0 Å². The summed E-state index contributed by atoms with van der Waals surface area (Å²) < 4.78 is 2.28. The van der Waals surface area contributed by atoms with Crippen LogP contribution in [0.1, 0.15) is 58.7 Å². The van der Waals surface area contributed by atoms with Crippen LogP contribution in [0.15, 0.2) is 24.3 Å². The van der Waals surface area contributed by atoms with Crippen molar-refractivity contribution in [2.45, 2.75) is 71.4 Å². The molecule has 0 aliphatic heterocycles. The zero-order chi connectivity index (χ0) is 15.3. The smallest absolute Gasteiger partial charge is 0.112 e. The van der Waals surface area contributed by atoms with Gasteiger partial charge in [-0.25, -0.2) is 4.98 Å². The molecule has 1 aromatic heterocycles. The number of nitrogens with zero attached hydrogens (tertiary/aromatic N) is 2. The first-order valence-electron chi connectivity index (χ1n) is 8.30. The Morgan fingerprint density at radius 1 is 1.05 bits per heavy atom. The predicted molar refractivity (Wildman–Crippen MR) is 88.5 cm³/mol. The second kappa shape index (κ2) is 7.08. The summed E-state index contributed by atoms with van der Waals surface area (Å²) in [7, 11) is 0. The second-order valence-electron chi connectivity index (χ2n) is 6.07. The van der Waals surface area contributed by atoms with Crippen LogP contribution in [0.25, 0.3) is 11.0 Å². The summed E-state index contributed by atoms with van der Waals surface area (Å²) in [5.41, 5.74) is 1.61. The van der Waals surface area contributed by atoms with Gasteiger partial charge >= 0.3 is 0 Å². The Labute approximate surface area is 128 Å². The predicted octanol–water partition coefficient (Wildman–Crippen LogP) is 4.32. The van der Waals surface area contributed by atoms with E-state index in [1.165, 1.54) is 5.52 Å². The van der Waals surface area contributed by atoms with Crippen LogP contribution in [-0.2, 0) is 13.0 Å². The van der Waals surface area contributed by atoms with E-state index < -0.39 is 5.60 Å². The van der Waals surface area contributed by atoms with Crippen LogP contribution in [0.5, 0.6) is 0 Å². The summed E-state index contributed by atoms with van der Waals surface area (Å²) in [4.78, 5) is 4.78. The van der Waals surface area contributed by atoms with Gasteiger partial charge < -0.3 is 9.67 Å². The van der Waals surface area contributed by atoms with E-state index in [-0.39, 0.29) is 0 Å². The number of aliphatic hydroxyl groups is 1. The third kappa shape index (κ3) is 3.65. The lowest BCUT2D eigenvalue weighted by molar-refractivity contribution is 0.0191. The van der Waals surface area contributed by atoms with Gasteiger partial charge in [0.25, 0.3) is 0 Å². The highest BCUT2D eigenvalue weighted by molar-refractivity contribution is 5.75. The molecular formula is C18H28N2O. The van der Waals surface area contributed by atoms with Gasteiger partial charge in [0, 0.05) is 13.0 Å². The minimum atomic E-state index is -0.615. The van der Waals surface area contributed by atoms with Crippen molar-refractivity contribution in [2.75, 3.05) is 0 Å². The molecule has 0 fully saturated rings. The number of hydrogen-bond donors (Lipinski definition) is 1. The van der Waals surface area contributed by atoms with E-state index in [2.05, 4.69) is 43.5 Å². The maximum atomic E-state index is 10.9. The Morgan fingerprint density at radius 2 is 1.71 bits per heavy atom. The van der Waals surface area contributed by atoms with Gasteiger partial charge in [0.1, 0.15) is 5.82 Å². The lowest BCUT2D eigenvalue weighted by Crippen LogP contribution is -2.32. The molecule has 0 saturated carbocycles. The Bertz CT molecular complexity index is 568. The molecule has 2 aromatic rings. The Hall–Kier alpha value is -1.35. The van der Waals surface area contributed by atoms with Crippen LogP contribution >= 0.6 is 0 Å². The maximum absolute atomic E-state index is 10.9. The van der Waals surface area contributed by atoms with E-state index in [0.717, 1.165) is 50.0 Å². The fraction of sp³-hybridized carbons (Fsp3) is 0.611. The molecule has 1 N–H and O–H groups in total. The number of para-hydroxylation sites is 2. The van der Waals surface area contributed by atoms with Crippen LogP contribution in [-0.4, -0.2) is 20.3 Å². The number of fused-ring (bicyclic) bond motifs is 1. The number of aromatic nitrogens is 2. The zero-order valence-electron chi connectivity index (χ0n) is 13.6. The molecule has 0 spiro atoms. The van der Waals surface area contributed by atoms with Crippen molar-refractivity contribution in [1.82, 2.24) is 9.55 Å². The summed E-state index contributed by atoms with van der Waals surface area (Å²) in [5, 5.41) is 10.9. The number of rotatable bonds is 8. The van der Waals surface area contributed by atoms with Gasteiger partial charge in [0.15, 0.2) is 0 Å². The minimum Gasteiger partial charge on any atom is -0.389 e. The van der Waals surface area contributed by atoms with Gasteiger partial charge in [-0.1, -0.05) is 45.7 Å². The average molecular weight is 288 g/mol. The van der Waals surface area contributed by atoms with E-state index >= 15 is 0 Å². The van der Waals surface area contributed by atoms with Crippen LogP contribution in [0.4, 0.5) is 0 Å². The van der Waals surface area contributed by atoms with Crippen molar-refractivity contribution >= 4 is 11.0 Å². The van der Waals surface area contributed by atoms with Crippen molar-refractivity contribution in [3.05, 3.63) is 30.1 Å². The third-order valence-electron chi connectivity index (χ3n) is 4.10. The van der Waals surface area contributed by atoms with Crippen molar-refractivity contribution < 1.29 is 5.11 Å². The molecule has 0 unspecified atom stereocenters. The SMILES string of the molecule is CCCn1c(CC(O)(CCC)CCC)nc2ccccc21. The molecule has 2 rings (SSSR count). The van der Waals surface area contributed by atoms with Gasteiger partial charge in [0.2, 0.25) is 0 Å². The molecule has 0 amide bonds. The number of hydrogen-bond acceptors (Lipinski definition) is 2. The highest BCUT2D eigenvalue weighted by Gasteiger charge is 2.28. The largest absolute Gasteiger partial charge is 0.389 e. The quantitative estimate of drug-likeness (QED) is 0.785. The summed E-state index contributed by atoms with van der Waals surface area (Å²) in [6.07, 6.45) is 5.43. The van der Waals surface area contributed by atoms with Crippen molar-refractivity contribution in [3.63, 3.8) is 0 Å². The van der Waals surface area contributed by atoms with E-state index in [1.54, 1.807) is 0 Å². The van der Waals surface area contributed by atoms with E-state index in [1.807, 2.05) is 6.07 Å². The zero-order valence-corrected chi connectivity index (χ0v) is 13.6. The highest BCUT2D eigenvalue weighted by Crippen LogP contribution is 2.26. The fourth-order valence-electron chi connectivity index (χ4n) is 3.26. The molecule has 1 aromatic carbocycles. The van der Waals surface area contributed by atoms with E-state index in [9.17, 15) is 5.11 Å². The number of imidazole rings is 1. The first-order chi connectivity index (χ1) is 10.1. The summed E-state index contributed by atoms with van der Waals surface area (Å²) in [5.74, 6) is 1.03. The summed E-state index contributed by atoms with van der Waals surface area (Å²) in [6.45, 7) is 7.41. The Kier molecular flexibility index (Phi) is 5.40. The van der Waals surface area contributed by atoms with Crippen molar-refractivity contribution in [1.29, 1.82) is 0 Å². The summed E-state index contributed by atoms with van der Waals surface area (Å²) in [6, 6.07) is 8.27. The van der Waals surface area contributed by atoms with Gasteiger partial charge in [0.05, 0.1) is 16.6 Å². The van der Waals surface area contributed by atoms with Gasteiger partial charge in [-0.05, 0) is 31.4 Å². The fourth-order valence-corrected chi connectivity index (χ4v) is 3.26. The molecule has 0 radical (unpaired) electrons. The first-order valence-corrected chi connectivity index (χ1v) is 8.30. The minimum absolute atomic E-state index is 0.615. The first kappa shape index (κ1) is 16.0. The molecule has 0 atom stereocenters.